The number of hydrogen-bond donors (Lipinski definition) is 1. The van der Waals surface area contributed by atoms with Gasteiger partial charge in [-0.25, -0.2) is 4.98 Å². The van der Waals surface area contributed by atoms with Gasteiger partial charge in [0.25, 0.3) is 0 Å². The highest BCUT2D eigenvalue weighted by atomic mass is 16.5. The second-order valence-electron chi connectivity index (χ2n) is 7.09. The lowest BCUT2D eigenvalue weighted by atomic mass is 10.1. The predicted molar refractivity (Wildman–Crippen MR) is 109 cm³/mol. The van der Waals surface area contributed by atoms with Gasteiger partial charge in [0.15, 0.2) is 0 Å². The zero-order chi connectivity index (χ0) is 19.8. The van der Waals surface area contributed by atoms with Crippen LogP contribution in [0.4, 0.5) is 5.69 Å². The van der Waals surface area contributed by atoms with Crippen LogP contribution in [0.3, 0.4) is 0 Å². The maximum Gasteiger partial charge on any atom is 0.219 e. The van der Waals surface area contributed by atoms with Gasteiger partial charge in [0.1, 0.15) is 11.8 Å². The summed E-state index contributed by atoms with van der Waals surface area (Å²) >= 11 is 0. The standard InChI is InChI=1S/C22H28N4O/c1-16(2)15-26(18(4)13-23)17(3)5-6-19-7-10-21(11-8-19)27-22-12-9-20(24)14-25-22/h7-12,14,16,18H,3,5-6,15,24H2,1-2,4H3. The van der Waals surface area contributed by atoms with E-state index < -0.39 is 0 Å². The first-order valence-corrected chi connectivity index (χ1v) is 9.21. The van der Waals surface area contributed by atoms with Gasteiger partial charge in [-0.15, -0.1) is 0 Å². The largest absolute Gasteiger partial charge is 0.439 e. The molecule has 0 aliphatic rings. The number of hydrogen-bond acceptors (Lipinski definition) is 5. The van der Waals surface area contributed by atoms with Gasteiger partial charge in [0, 0.05) is 18.3 Å². The van der Waals surface area contributed by atoms with Crippen molar-refractivity contribution >= 4 is 5.69 Å². The van der Waals surface area contributed by atoms with Crippen molar-refractivity contribution in [3.05, 3.63) is 60.4 Å². The Balaban J connectivity index is 1.92. The van der Waals surface area contributed by atoms with Crippen LogP contribution in [0.15, 0.2) is 54.9 Å². The molecule has 0 saturated carbocycles. The molecule has 1 heterocycles. The van der Waals surface area contributed by atoms with Gasteiger partial charge >= 0.3 is 0 Å². The molecule has 1 unspecified atom stereocenters. The van der Waals surface area contributed by atoms with E-state index in [-0.39, 0.29) is 6.04 Å². The van der Waals surface area contributed by atoms with Gasteiger partial charge in [-0.05, 0) is 49.4 Å². The van der Waals surface area contributed by atoms with Crippen molar-refractivity contribution in [3.8, 4) is 17.7 Å². The SMILES string of the molecule is C=C(CCc1ccc(Oc2ccc(N)cn2)cc1)N(CC(C)C)C(C)C#N. The van der Waals surface area contributed by atoms with Gasteiger partial charge in [-0.2, -0.15) is 5.26 Å². The topological polar surface area (TPSA) is 75.2 Å². The van der Waals surface area contributed by atoms with E-state index in [2.05, 4.69) is 36.4 Å². The Morgan fingerprint density at radius 2 is 1.93 bits per heavy atom. The molecule has 1 aromatic carbocycles. The minimum absolute atomic E-state index is 0.164. The second kappa shape index (κ2) is 9.63. The molecule has 1 aromatic heterocycles. The molecule has 0 aliphatic heterocycles. The summed E-state index contributed by atoms with van der Waals surface area (Å²) in [4.78, 5) is 6.24. The van der Waals surface area contributed by atoms with Gasteiger partial charge in [0.05, 0.1) is 18.0 Å². The molecule has 5 heteroatoms. The number of nitriles is 1. The van der Waals surface area contributed by atoms with Gasteiger partial charge in [-0.1, -0.05) is 32.6 Å². The van der Waals surface area contributed by atoms with Crippen molar-refractivity contribution in [2.75, 3.05) is 12.3 Å². The third-order valence-corrected chi connectivity index (χ3v) is 4.23. The second-order valence-corrected chi connectivity index (χ2v) is 7.09. The summed E-state index contributed by atoms with van der Waals surface area (Å²) in [6.07, 6.45) is 3.25. The van der Waals surface area contributed by atoms with E-state index in [0.717, 1.165) is 30.8 Å². The average Bonchev–Trinajstić information content (AvgIpc) is 2.66. The van der Waals surface area contributed by atoms with E-state index in [4.69, 9.17) is 10.5 Å². The first kappa shape index (κ1) is 20.3. The molecule has 1 atom stereocenters. The van der Waals surface area contributed by atoms with Crippen LogP contribution in [-0.2, 0) is 6.42 Å². The first-order chi connectivity index (χ1) is 12.9. The molecule has 0 aliphatic carbocycles. The molecule has 5 nitrogen and oxygen atoms in total. The number of aryl methyl sites for hydroxylation is 1. The smallest absolute Gasteiger partial charge is 0.219 e. The molecule has 2 rings (SSSR count). The third-order valence-electron chi connectivity index (χ3n) is 4.23. The molecule has 0 bridgehead atoms. The molecular weight excluding hydrogens is 336 g/mol. The van der Waals surface area contributed by atoms with Crippen LogP contribution >= 0.6 is 0 Å². The van der Waals surface area contributed by atoms with Crippen LogP contribution in [0, 0.1) is 17.2 Å². The first-order valence-electron chi connectivity index (χ1n) is 9.21. The average molecular weight is 364 g/mol. The van der Waals surface area contributed by atoms with Crippen LogP contribution in [0.25, 0.3) is 0 Å². The highest BCUT2D eigenvalue weighted by Gasteiger charge is 2.16. The lowest BCUT2D eigenvalue weighted by molar-refractivity contribution is 0.270. The Morgan fingerprint density at radius 1 is 1.22 bits per heavy atom. The molecule has 2 aromatic rings. The summed E-state index contributed by atoms with van der Waals surface area (Å²) in [7, 11) is 0. The zero-order valence-corrected chi connectivity index (χ0v) is 16.4. The quantitative estimate of drug-likeness (QED) is 0.693. The molecule has 27 heavy (non-hydrogen) atoms. The number of ether oxygens (including phenoxy) is 1. The van der Waals surface area contributed by atoms with Crippen LogP contribution < -0.4 is 10.5 Å². The minimum atomic E-state index is -0.164. The van der Waals surface area contributed by atoms with E-state index in [0.29, 0.717) is 17.5 Å². The lowest BCUT2D eigenvalue weighted by Gasteiger charge is -2.30. The van der Waals surface area contributed by atoms with E-state index in [1.807, 2.05) is 31.2 Å². The highest BCUT2D eigenvalue weighted by molar-refractivity contribution is 5.37. The van der Waals surface area contributed by atoms with E-state index in [9.17, 15) is 5.26 Å². The van der Waals surface area contributed by atoms with Crippen molar-refractivity contribution in [1.82, 2.24) is 9.88 Å². The Labute approximate surface area is 162 Å². The van der Waals surface area contributed by atoms with Crippen LogP contribution in [-0.4, -0.2) is 22.5 Å². The number of nitrogen functional groups attached to an aromatic ring is 1. The predicted octanol–water partition coefficient (Wildman–Crippen LogP) is 4.77. The Morgan fingerprint density at radius 3 is 2.48 bits per heavy atom. The summed E-state index contributed by atoms with van der Waals surface area (Å²) in [5, 5.41) is 9.26. The number of rotatable bonds is 9. The normalized spacial score (nSPS) is 11.7. The zero-order valence-electron chi connectivity index (χ0n) is 16.4. The fourth-order valence-electron chi connectivity index (χ4n) is 2.75. The van der Waals surface area contributed by atoms with Gasteiger partial charge < -0.3 is 15.4 Å². The fourth-order valence-corrected chi connectivity index (χ4v) is 2.75. The number of benzene rings is 1. The highest BCUT2D eigenvalue weighted by Crippen LogP contribution is 2.22. The number of aromatic nitrogens is 1. The van der Waals surface area contributed by atoms with Gasteiger partial charge in [-0.3, -0.25) is 0 Å². The molecule has 0 spiro atoms. The molecular formula is C22H28N4O. The minimum Gasteiger partial charge on any atom is -0.439 e. The number of allylic oxidation sites excluding steroid dienone is 1. The van der Waals surface area contributed by atoms with Crippen molar-refractivity contribution < 1.29 is 4.74 Å². The van der Waals surface area contributed by atoms with E-state index in [1.165, 1.54) is 5.56 Å². The fraction of sp³-hybridized carbons (Fsp3) is 0.364. The summed E-state index contributed by atoms with van der Waals surface area (Å²) in [6, 6.07) is 13.6. The Kier molecular flexibility index (Phi) is 7.25. The number of nitrogens with two attached hydrogens (primary N) is 1. The Hall–Kier alpha value is -3.00. The number of anilines is 1. The molecule has 2 N–H and O–H groups in total. The van der Waals surface area contributed by atoms with Crippen molar-refractivity contribution in [2.24, 2.45) is 5.92 Å². The maximum atomic E-state index is 9.26. The molecule has 0 fully saturated rings. The van der Waals surface area contributed by atoms with Crippen molar-refractivity contribution in [1.29, 1.82) is 5.26 Å². The summed E-state index contributed by atoms with van der Waals surface area (Å²) < 4.78 is 5.71. The summed E-state index contributed by atoms with van der Waals surface area (Å²) in [6.45, 7) is 11.3. The van der Waals surface area contributed by atoms with Crippen LogP contribution in [0.2, 0.25) is 0 Å². The van der Waals surface area contributed by atoms with E-state index in [1.54, 1.807) is 18.3 Å². The number of nitrogens with zero attached hydrogens (tertiary/aromatic N) is 3. The monoisotopic (exact) mass is 364 g/mol. The van der Waals surface area contributed by atoms with Crippen molar-refractivity contribution in [2.45, 2.75) is 39.7 Å². The molecule has 0 saturated heterocycles. The van der Waals surface area contributed by atoms with E-state index >= 15 is 0 Å². The third kappa shape index (κ3) is 6.34. The van der Waals surface area contributed by atoms with Crippen LogP contribution in [0.5, 0.6) is 11.6 Å². The maximum absolute atomic E-state index is 9.26. The summed E-state index contributed by atoms with van der Waals surface area (Å²) in [5.41, 5.74) is 8.43. The molecule has 142 valence electrons. The van der Waals surface area contributed by atoms with Crippen LogP contribution in [0.1, 0.15) is 32.8 Å². The number of pyridine rings is 1. The molecule has 0 radical (unpaired) electrons. The molecule has 0 amide bonds. The Bertz CT molecular complexity index is 775. The lowest BCUT2D eigenvalue weighted by Crippen LogP contribution is -2.34. The van der Waals surface area contributed by atoms with Crippen molar-refractivity contribution in [3.63, 3.8) is 0 Å². The summed E-state index contributed by atoms with van der Waals surface area (Å²) in [5.74, 6) is 1.73. The van der Waals surface area contributed by atoms with Gasteiger partial charge in [0.2, 0.25) is 5.88 Å².